The van der Waals surface area contributed by atoms with Gasteiger partial charge in [-0.2, -0.15) is 0 Å². The molecule has 0 fully saturated rings. The van der Waals surface area contributed by atoms with E-state index in [1.165, 1.54) is 22.1 Å². The average Bonchev–Trinajstić information content (AvgIpc) is 2.52. The fourth-order valence-electron chi connectivity index (χ4n) is 3.57. The number of aromatic nitrogens is 1. The molecule has 0 bridgehead atoms. The first-order valence-electron chi connectivity index (χ1n) is 7.47. The molecule has 0 spiro atoms. The van der Waals surface area contributed by atoms with Crippen molar-refractivity contribution >= 4 is 10.9 Å². The van der Waals surface area contributed by atoms with Crippen LogP contribution in [-0.2, 0) is 6.42 Å². The van der Waals surface area contributed by atoms with Gasteiger partial charge in [-0.3, -0.25) is 4.98 Å². The zero-order chi connectivity index (χ0) is 14.2. The van der Waals surface area contributed by atoms with Gasteiger partial charge < -0.3 is 5.32 Å². The number of nitrogens with zero attached hydrogens (tertiary/aromatic N) is 1. The predicted octanol–water partition coefficient (Wildman–Crippen LogP) is 3.84. The first-order chi connectivity index (χ1) is 10.4. The van der Waals surface area contributed by atoms with Crippen LogP contribution in [0, 0.1) is 0 Å². The first-order valence-corrected chi connectivity index (χ1v) is 7.47. The zero-order valence-corrected chi connectivity index (χ0v) is 12.1. The Morgan fingerprint density at radius 1 is 1.05 bits per heavy atom. The van der Waals surface area contributed by atoms with E-state index in [1.54, 1.807) is 0 Å². The number of benzene rings is 2. The lowest BCUT2D eigenvalue weighted by atomic mass is 9.71. The molecule has 1 aliphatic carbocycles. The third kappa shape index (κ3) is 1.95. The standard InChI is InChI=1S/C19H18N2/c1-20-19(17-12-13-6-2-3-7-14(13)17)16-8-4-10-18-15(16)9-5-11-21-18/h2-11,17,19-20H,12H2,1H3. The van der Waals surface area contributed by atoms with Gasteiger partial charge in [0, 0.05) is 23.5 Å². The van der Waals surface area contributed by atoms with E-state index < -0.39 is 0 Å². The Kier molecular flexibility index (Phi) is 2.97. The monoisotopic (exact) mass is 274 g/mol. The molecule has 2 nitrogen and oxygen atoms in total. The summed E-state index contributed by atoms with van der Waals surface area (Å²) in [6.45, 7) is 0. The molecule has 21 heavy (non-hydrogen) atoms. The fraction of sp³-hybridized carbons (Fsp3) is 0.211. The van der Waals surface area contributed by atoms with Crippen LogP contribution >= 0.6 is 0 Å². The molecule has 1 aliphatic rings. The molecule has 2 atom stereocenters. The maximum absolute atomic E-state index is 4.48. The van der Waals surface area contributed by atoms with Crippen LogP contribution in [0.25, 0.3) is 10.9 Å². The quantitative estimate of drug-likeness (QED) is 0.785. The molecule has 0 saturated heterocycles. The number of likely N-dealkylation sites (N-methyl/N-ethyl adjacent to an activating group) is 1. The van der Waals surface area contributed by atoms with Gasteiger partial charge in [-0.1, -0.05) is 42.5 Å². The van der Waals surface area contributed by atoms with Gasteiger partial charge >= 0.3 is 0 Å². The summed E-state index contributed by atoms with van der Waals surface area (Å²) in [5.74, 6) is 0.553. The molecule has 104 valence electrons. The maximum atomic E-state index is 4.48. The second-order valence-electron chi connectivity index (χ2n) is 5.69. The second-order valence-corrected chi connectivity index (χ2v) is 5.69. The molecular weight excluding hydrogens is 256 g/mol. The van der Waals surface area contributed by atoms with E-state index >= 15 is 0 Å². The van der Waals surface area contributed by atoms with Crippen LogP contribution in [0.4, 0.5) is 0 Å². The topological polar surface area (TPSA) is 24.9 Å². The molecular formula is C19H18N2. The van der Waals surface area contributed by atoms with Crippen LogP contribution in [-0.4, -0.2) is 12.0 Å². The predicted molar refractivity (Wildman–Crippen MR) is 86.4 cm³/mol. The van der Waals surface area contributed by atoms with Crippen LogP contribution in [0.2, 0.25) is 0 Å². The molecule has 1 heterocycles. The van der Waals surface area contributed by atoms with Crippen LogP contribution in [0.1, 0.15) is 28.7 Å². The molecule has 2 aromatic carbocycles. The zero-order valence-electron chi connectivity index (χ0n) is 12.1. The number of fused-ring (bicyclic) bond motifs is 2. The van der Waals surface area contributed by atoms with Gasteiger partial charge in [-0.05, 0) is 42.3 Å². The van der Waals surface area contributed by atoms with Gasteiger partial charge in [0.15, 0.2) is 0 Å². The highest BCUT2D eigenvalue weighted by molar-refractivity contribution is 5.82. The Morgan fingerprint density at radius 3 is 2.81 bits per heavy atom. The minimum Gasteiger partial charge on any atom is -0.312 e. The Balaban J connectivity index is 1.80. The van der Waals surface area contributed by atoms with Crippen molar-refractivity contribution in [3.63, 3.8) is 0 Å². The number of pyridine rings is 1. The summed E-state index contributed by atoms with van der Waals surface area (Å²) in [4.78, 5) is 4.48. The summed E-state index contributed by atoms with van der Waals surface area (Å²) in [5.41, 5.74) is 5.39. The first kappa shape index (κ1) is 12.5. The summed E-state index contributed by atoms with van der Waals surface area (Å²) in [6, 6.07) is 19.7. The van der Waals surface area contributed by atoms with E-state index in [4.69, 9.17) is 0 Å². The highest BCUT2D eigenvalue weighted by Crippen LogP contribution is 2.44. The van der Waals surface area contributed by atoms with E-state index in [-0.39, 0.29) is 0 Å². The van der Waals surface area contributed by atoms with Crippen molar-refractivity contribution in [2.45, 2.75) is 18.4 Å². The lowest BCUT2D eigenvalue weighted by molar-refractivity contribution is 0.441. The van der Waals surface area contributed by atoms with Gasteiger partial charge in [0.05, 0.1) is 5.52 Å². The summed E-state index contributed by atoms with van der Waals surface area (Å²) >= 11 is 0. The summed E-state index contributed by atoms with van der Waals surface area (Å²) in [5, 5.41) is 4.78. The third-order valence-corrected chi connectivity index (χ3v) is 4.62. The summed E-state index contributed by atoms with van der Waals surface area (Å²) < 4.78 is 0. The molecule has 0 radical (unpaired) electrons. The van der Waals surface area contributed by atoms with Crippen LogP contribution < -0.4 is 5.32 Å². The minimum absolute atomic E-state index is 0.341. The number of rotatable bonds is 3. The Hall–Kier alpha value is -2.19. The van der Waals surface area contributed by atoms with Crippen LogP contribution in [0.5, 0.6) is 0 Å². The summed E-state index contributed by atoms with van der Waals surface area (Å²) in [7, 11) is 2.06. The van der Waals surface area contributed by atoms with Crippen molar-refractivity contribution in [1.29, 1.82) is 0 Å². The van der Waals surface area contributed by atoms with Crippen molar-refractivity contribution < 1.29 is 0 Å². The largest absolute Gasteiger partial charge is 0.312 e. The highest BCUT2D eigenvalue weighted by atomic mass is 14.9. The van der Waals surface area contributed by atoms with E-state index in [9.17, 15) is 0 Å². The minimum atomic E-state index is 0.341. The van der Waals surface area contributed by atoms with Crippen LogP contribution in [0.3, 0.4) is 0 Å². The van der Waals surface area contributed by atoms with E-state index in [1.807, 2.05) is 12.3 Å². The second kappa shape index (κ2) is 4.97. The Labute approximate surface area is 124 Å². The smallest absolute Gasteiger partial charge is 0.0705 e. The van der Waals surface area contributed by atoms with E-state index in [2.05, 4.69) is 65.9 Å². The molecule has 2 unspecified atom stereocenters. The highest BCUT2D eigenvalue weighted by Gasteiger charge is 2.33. The van der Waals surface area contributed by atoms with Crippen molar-refractivity contribution in [2.75, 3.05) is 7.05 Å². The number of hydrogen-bond acceptors (Lipinski definition) is 2. The summed E-state index contributed by atoms with van der Waals surface area (Å²) in [6.07, 6.45) is 3.01. The molecule has 0 amide bonds. The fourth-order valence-corrected chi connectivity index (χ4v) is 3.57. The lowest BCUT2D eigenvalue weighted by Gasteiger charge is -2.37. The van der Waals surface area contributed by atoms with Crippen molar-refractivity contribution in [1.82, 2.24) is 10.3 Å². The van der Waals surface area contributed by atoms with Gasteiger partial charge in [0.25, 0.3) is 0 Å². The Bertz CT molecular complexity index is 789. The maximum Gasteiger partial charge on any atom is 0.0705 e. The van der Waals surface area contributed by atoms with E-state index in [0.717, 1.165) is 11.9 Å². The number of nitrogens with one attached hydrogen (secondary N) is 1. The average molecular weight is 274 g/mol. The van der Waals surface area contributed by atoms with Crippen molar-refractivity contribution in [2.24, 2.45) is 0 Å². The SMILES string of the molecule is CNC(c1cccc2ncccc12)C1Cc2ccccc21. The molecule has 2 heteroatoms. The molecule has 3 aromatic rings. The van der Waals surface area contributed by atoms with Gasteiger partial charge in [-0.25, -0.2) is 0 Å². The van der Waals surface area contributed by atoms with Gasteiger partial charge in [0.1, 0.15) is 0 Å². The molecule has 4 rings (SSSR count). The molecule has 1 N–H and O–H groups in total. The normalized spacial score (nSPS) is 18.0. The van der Waals surface area contributed by atoms with Gasteiger partial charge in [0.2, 0.25) is 0 Å². The van der Waals surface area contributed by atoms with Gasteiger partial charge in [-0.15, -0.1) is 0 Å². The molecule has 0 aliphatic heterocycles. The number of hydrogen-bond donors (Lipinski definition) is 1. The molecule has 0 saturated carbocycles. The third-order valence-electron chi connectivity index (χ3n) is 4.62. The lowest BCUT2D eigenvalue weighted by Crippen LogP contribution is -2.31. The van der Waals surface area contributed by atoms with Crippen molar-refractivity contribution in [3.8, 4) is 0 Å². The Morgan fingerprint density at radius 2 is 1.95 bits per heavy atom. The molecule has 1 aromatic heterocycles. The van der Waals surface area contributed by atoms with E-state index in [0.29, 0.717) is 12.0 Å². The van der Waals surface area contributed by atoms with Crippen molar-refractivity contribution in [3.05, 3.63) is 77.5 Å². The van der Waals surface area contributed by atoms with Crippen LogP contribution in [0.15, 0.2) is 60.8 Å².